The van der Waals surface area contributed by atoms with E-state index in [4.69, 9.17) is 0 Å². The number of carbonyl (C=O) groups excluding carboxylic acids is 2. The first kappa shape index (κ1) is 16.5. The van der Waals surface area contributed by atoms with Crippen LogP contribution in [0.1, 0.15) is 37.8 Å². The summed E-state index contributed by atoms with van der Waals surface area (Å²) in [6.45, 7) is 3.01. The number of aliphatic hydroxyl groups excluding tert-OH is 1. The first-order chi connectivity index (χ1) is 10.7. The largest absolute Gasteiger partial charge is 0.396 e. The van der Waals surface area contributed by atoms with Crippen molar-refractivity contribution in [2.75, 3.05) is 19.7 Å². The molecule has 1 saturated heterocycles. The lowest BCUT2D eigenvalue weighted by Crippen LogP contribution is -2.36. The van der Waals surface area contributed by atoms with E-state index in [1.54, 1.807) is 4.90 Å². The van der Waals surface area contributed by atoms with Crippen LogP contribution in [0.2, 0.25) is 0 Å². The van der Waals surface area contributed by atoms with E-state index in [1.165, 1.54) is 0 Å². The topological polar surface area (TPSA) is 69.6 Å². The first-order valence-corrected chi connectivity index (χ1v) is 7.89. The molecule has 1 aromatic rings. The van der Waals surface area contributed by atoms with Crippen molar-refractivity contribution in [3.05, 3.63) is 35.9 Å². The summed E-state index contributed by atoms with van der Waals surface area (Å²) < 4.78 is 0. The molecule has 2 unspecified atom stereocenters. The lowest BCUT2D eigenvalue weighted by atomic mass is 10.0. The van der Waals surface area contributed by atoms with Crippen LogP contribution in [-0.4, -0.2) is 41.5 Å². The number of nitrogens with one attached hydrogen (secondary N) is 1. The molecule has 2 N–H and O–H groups in total. The lowest BCUT2D eigenvalue weighted by Gasteiger charge is -2.21. The molecule has 0 aliphatic carbocycles. The van der Waals surface area contributed by atoms with Gasteiger partial charge in [0.2, 0.25) is 11.8 Å². The molecule has 2 amide bonds. The van der Waals surface area contributed by atoms with Gasteiger partial charge in [0.05, 0.1) is 12.0 Å². The lowest BCUT2D eigenvalue weighted by molar-refractivity contribution is -0.130. The Labute approximate surface area is 131 Å². The Balaban J connectivity index is 1.96. The van der Waals surface area contributed by atoms with Crippen LogP contribution in [-0.2, 0) is 9.59 Å². The van der Waals surface area contributed by atoms with E-state index >= 15 is 0 Å². The highest BCUT2D eigenvalue weighted by molar-refractivity contribution is 5.82. The Hall–Kier alpha value is -1.88. The van der Waals surface area contributed by atoms with Crippen molar-refractivity contribution in [2.45, 2.75) is 32.2 Å². The molecule has 120 valence electrons. The Morgan fingerprint density at radius 2 is 2.09 bits per heavy atom. The average molecular weight is 304 g/mol. The highest BCUT2D eigenvalue weighted by Gasteiger charge is 2.31. The normalized spacial score (nSPS) is 19.0. The smallest absolute Gasteiger partial charge is 0.225 e. The van der Waals surface area contributed by atoms with Gasteiger partial charge in [0.1, 0.15) is 0 Å². The summed E-state index contributed by atoms with van der Waals surface area (Å²) >= 11 is 0. The highest BCUT2D eigenvalue weighted by atomic mass is 16.3. The van der Waals surface area contributed by atoms with Gasteiger partial charge in [-0.15, -0.1) is 0 Å². The summed E-state index contributed by atoms with van der Waals surface area (Å²) in [6, 6.07) is 9.47. The predicted molar refractivity (Wildman–Crippen MR) is 84.0 cm³/mol. The highest BCUT2D eigenvalue weighted by Crippen LogP contribution is 2.21. The van der Waals surface area contributed by atoms with Gasteiger partial charge in [-0.3, -0.25) is 9.59 Å². The minimum absolute atomic E-state index is 0.0188. The number of likely N-dealkylation sites (tertiary alicyclic amines) is 1. The van der Waals surface area contributed by atoms with Crippen LogP contribution in [0, 0.1) is 5.92 Å². The van der Waals surface area contributed by atoms with Crippen molar-refractivity contribution in [3.63, 3.8) is 0 Å². The maximum atomic E-state index is 12.4. The van der Waals surface area contributed by atoms with Gasteiger partial charge in [0.25, 0.3) is 0 Å². The van der Waals surface area contributed by atoms with Gasteiger partial charge in [-0.2, -0.15) is 0 Å². The average Bonchev–Trinajstić information content (AvgIpc) is 3.04. The molecule has 0 aromatic heterocycles. The second kappa shape index (κ2) is 7.94. The summed E-state index contributed by atoms with van der Waals surface area (Å²) in [7, 11) is 0. The number of rotatable bonds is 6. The molecule has 22 heavy (non-hydrogen) atoms. The first-order valence-electron chi connectivity index (χ1n) is 7.89. The fourth-order valence-electron chi connectivity index (χ4n) is 2.85. The molecule has 1 aliphatic rings. The third-order valence-electron chi connectivity index (χ3n) is 4.15. The van der Waals surface area contributed by atoms with Crippen LogP contribution in [0.15, 0.2) is 30.3 Å². The molecule has 5 nitrogen and oxygen atoms in total. The van der Waals surface area contributed by atoms with Crippen molar-refractivity contribution in [2.24, 2.45) is 5.92 Å². The van der Waals surface area contributed by atoms with Gasteiger partial charge in [0, 0.05) is 26.1 Å². The van der Waals surface area contributed by atoms with Crippen LogP contribution in [0.5, 0.6) is 0 Å². The number of hydrogen-bond acceptors (Lipinski definition) is 3. The molecule has 0 spiro atoms. The molecule has 0 bridgehead atoms. The third kappa shape index (κ3) is 4.07. The fraction of sp³-hybridized carbons (Fsp3) is 0.529. The number of aliphatic hydroxyl groups is 1. The molecular formula is C17H24N2O3. The second-order valence-electron chi connectivity index (χ2n) is 5.66. The van der Waals surface area contributed by atoms with Crippen molar-refractivity contribution in [1.82, 2.24) is 10.2 Å². The molecule has 1 aliphatic heterocycles. The molecule has 2 atom stereocenters. The van der Waals surface area contributed by atoms with Gasteiger partial charge in [-0.1, -0.05) is 37.3 Å². The zero-order chi connectivity index (χ0) is 15.9. The second-order valence-corrected chi connectivity index (χ2v) is 5.66. The molecule has 2 rings (SSSR count). The van der Waals surface area contributed by atoms with E-state index in [-0.39, 0.29) is 30.4 Å². The molecule has 1 heterocycles. The Morgan fingerprint density at radius 3 is 2.73 bits per heavy atom. The van der Waals surface area contributed by atoms with E-state index in [0.717, 1.165) is 5.56 Å². The van der Waals surface area contributed by atoms with Crippen molar-refractivity contribution in [3.8, 4) is 0 Å². The number of nitrogens with zero attached hydrogens (tertiary/aromatic N) is 1. The molecule has 5 heteroatoms. The predicted octanol–water partition coefficient (Wildman–Crippen LogP) is 1.48. The van der Waals surface area contributed by atoms with E-state index in [2.05, 4.69) is 5.32 Å². The summed E-state index contributed by atoms with van der Waals surface area (Å²) in [5.41, 5.74) is 0.990. The van der Waals surface area contributed by atoms with Crippen LogP contribution in [0.4, 0.5) is 0 Å². The molecule has 0 radical (unpaired) electrons. The van der Waals surface area contributed by atoms with E-state index in [0.29, 0.717) is 32.4 Å². The van der Waals surface area contributed by atoms with Gasteiger partial charge >= 0.3 is 0 Å². The number of amides is 2. The van der Waals surface area contributed by atoms with Crippen LogP contribution >= 0.6 is 0 Å². The van der Waals surface area contributed by atoms with Gasteiger partial charge in [-0.25, -0.2) is 0 Å². The quantitative estimate of drug-likeness (QED) is 0.836. The Bertz CT molecular complexity index is 504. The van der Waals surface area contributed by atoms with Gasteiger partial charge in [0.15, 0.2) is 0 Å². The van der Waals surface area contributed by atoms with E-state index in [9.17, 15) is 14.7 Å². The SMILES string of the molecule is CCC(=O)N1CCC(C(=O)NC(CCO)c2ccccc2)C1. The Kier molecular flexibility index (Phi) is 5.95. The number of carbonyl (C=O) groups is 2. The summed E-state index contributed by atoms with van der Waals surface area (Å²) in [6.07, 6.45) is 1.67. The van der Waals surface area contributed by atoms with Gasteiger partial charge < -0.3 is 15.3 Å². The van der Waals surface area contributed by atoms with Crippen molar-refractivity contribution >= 4 is 11.8 Å². The molecule has 1 aromatic carbocycles. The Morgan fingerprint density at radius 1 is 1.36 bits per heavy atom. The monoisotopic (exact) mass is 304 g/mol. The van der Waals surface area contributed by atoms with Crippen LogP contribution in [0.3, 0.4) is 0 Å². The van der Waals surface area contributed by atoms with Crippen LogP contribution in [0.25, 0.3) is 0 Å². The molecular weight excluding hydrogens is 280 g/mol. The maximum absolute atomic E-state index is 12.4. The minimum Gasteiger partial charge on any atom is -0.396 e. The van der Waals surface area contributed by atoms with E-state index in [1.807, 2.05) is 37.3 Å². The standard InChI is InChI=1S/C17H24N2O3/c1-2-16(21)19-10-8-14(12-19)17(22)18-15(9-11-20)13-6-4-3-5-7-13/h3-7,14-15,20H,2,8-12H2,1H3,(H,18,22). The summed E-state index contributed by atoms with van der Waals surface area (Å²) in [4.78, 5) is 25.9. The zero-order valence-corrected chi connectivity index (χ0v) is 13.0. The fourth-order valence-corrected chi connectivity index (χ4v) is 2.85. The van der Waals surface area contributed by atoms with Gasteiger partial charge in [-0.05, 0) is 18.4 Å². The maximum Gasteiger partial charge on any atom is 0.225 e. The number of hydrogen-bond donors (Lipinski definition) is 2. The third-order valence-corrected chi connectivity index (χ3v) is 4.15. The molecule has 1 fully saturated rings. The number of benzene rings is 1. The van der Waals surface area contributed by atoms with E-state index < -0.39 is 0 Å². The van der Waals surface area contributed by atoms with Crippen molar-refractivity contribution in [1.29, 1.82) is 0 Å². The summed E-state index contributed by atoms with van der Waals surface area (Å²) in [5, 5.41) is 12.2. The van der Waals surface area contributed by atoms with Crippen LogP contribution < -0.4 is 5.32 Å². The minimum atomic E-state index is -0.186. The zero-order valence-electron chi connectivity index (χ0n) is 13.0. The molecule has 0 saturated carbocycles. The van der Waals surface area contributed by atoms with Crippen molar-refractivity contribution < 1.29 is 14.7 Å². The summed E-state index contributed by atoms with van der Waals surface area (Å²) in [5.74, 6) is -0.0839.